The molecule has 0 fully saturated rings. The maximum absolute atomic E-state index is 12.6. The van der Waals surface area contributed by atoms with Crippen LogP contribution in [0.4, 0.5) is 18.9 Å². The number of phenolic OH excluding ortho intramolecular Hbond substituents is 1. The van der Waals surface area contributed by atoms with Crippen LogP contribution in [0.15, 0.2) is 42.6 Å². The second-order valence-corrected chi connectivity index (χ2v) is 5.60. The zero-order valence-corrected chi connectivity index (χ0v) is 13.9. The van der Waals surface area contributed by atoms with Crippen LogP contribution in [0.3, 0.4) is 0 Å². The summed E-state index contributed by atoms with van der Waals surface area (Å²) < 4.78 is 43.1. The SMILES string of the molecule is O=C(CCCCCOc1ccccc1O)Nc1ccnc(C(F)(F)F)c1. The van der Waals surface area contributed by atoms with Gasteiger partial charge in [0.25, 0.3) is 0 Å². The highest BCUT2D eigenvalue weighted by atomic mass is 19.4. The first-order chi connectivity index (χ1) is 12.4. The van der Waals surface area contributed by atoms with Crippen molar-refractivity contribution >= 4 is 11.6 Å². The number of pyridine rings is 1. The first-order valence-corrected chi connectivity index (χ1v) is 8.10. The number of nitrogens with zero attached hydrogens (tertiary/aromatic N) is 1. The van der Waals surface area contributed by atoms with Gasteiger partial charge in [0.2, 0.25) is 5.91 Å². The Morgan fingerprint density at radius 3 is 2.65 bits per heavy atom. The Morgan fingerprint density at radius 2 is 1.92 bits per heavy atom. The number of phenols is 1. The van der Waals surface area contributed by atoms with Crippen LogP contribution in [0.2, 0.25) is 0 Å². The second-order valence-electron chi connectivity index (χ2n) is 5.60. The standard InChI is InChI=1S/C18H19F3N2O3/c19-18(20,21)16-12-13(9-10-22-16)23-17(25)8-2-1-5-11-26-15-7-4-3-6-14(15)24/h3-4,6-7,9-10,12,24H,1-2,5,8,11H2,(H,22,23,25). The average Bonchev–Trinajstić information content (AvgIpc) is 2.59. The number of hydrogen-bond donors (Lipinski definition) is 2. The molecule has 0 saturated heterocycles. The van der Waals surface area contributed by atoms with Crippen molar-refractivity contribution in [3.05, 3.63) is 48.3 Å². The van der Waals surface area contributed by atoms with Crippen molar-refractivity contribution < 1.29 is 27.8 Å². The van der Waals surface area contributed by atoms with Crippen molar-refractivity contribution in [3.63, 3.8) is 0 Å². The van der Waals surface area contributed by atoms with E-state index in [2.05, 4.69) is 10.3 Å². The van der Waals surface area contributed by atoms with Gasteiger partial charge in [-0.1, -0.05) is 12.1 Å². The van der Waals surface area contributed by atoms with E-state index < -0.39 is 11.9 Å². The fourth-order valence-corrected chi connectivity index (χ4v) is 2.21. The Kier molecular flexibility index (Phi) is 6.82. The number of unbranched alkanes of at least 4 members (excludes halogenated alkanes) is 2. The molecule has 0 bridgehead atoms. The number of para-hydroxylation sites is 2. The summed E-state index contributed by atoms with van der Waals surface area (Å²) in [6.07, 6.45) is -1.36. The van der Waals surface area contributed by atoms with Crippen molar-refractivity contribution in [2.75, 3.05) is 11.9 Å². The van der Waals surface area contributed by atoms with Gasteiger partial charge in [0, 0.05) is 18.3 Å². The molecule has 2 aromatic rings. The highest BCUT2D eigenvalue weighted by molar-refractivity contribution is 5.90. The number of ether oxygens (including phenoxy) is 1. The number of aromatic nitrogens is 1. The zero-order chi connectivity index (χ0) is 19.0. The van der Waals surface area contributed by atoms with Crippen LogP contribution in [0.1, 0.15) is 31.4 Å². The lowest BCUT2D eigenvalue weighted by molar-refractivity contribution is -0.141. The summed E-state index contributed by atoms with van der Waals surface area (Å²) in [7, 11) is 0. The van der Waals surface area contributed by atoms with Gasteiger partial charge < -0.3 is 15.2 Å². The number of anilines is 1. The molecule has 1 amide bonds. The van der Waals surface area contributed by atoms with E-state index in [9.17, 15) is 23.1 Å². The Balaban J connectivity index is 1.66. The van der Waals surface area contributed by atoms with Gasteiger partial charge in [0.15, 0.2) is 11.5 Å². The lowest BCUT2D eigenvalue weighted by Gasteiger charge is -2.09. The third-order valence-corrected chi connectivity index (χ3v) is 3.51. The van der Waals surface area contributed by atoms with Crippen LogP contribution in [0.5, 0.6) is 11.5 Å². The number of amides is 1. The molecule has 0 spiro atoms. The minimum Gasteiger partial charge on any atom is -0.504 e. The number of rotatable bonds is 8. The first kappa shape index (κ1) is 19.6. The fraction of sp³-hybridized carbons (Fsp3) is 0.333. The molecule has 26 heavy (non-hydrogen) atoms. The van der Waals surface area contributed by atoms with Crippen LogP contribution >= 0.6 is 0 Å². The molecule has 140 valence electrons. The smallest absolute Gasteiger partial charge is 0.433 e. The fourth-order valence-electron chi connectivity index (χ4n) is 2.21. The van der Waals surface area contributed by atoms with Crippen LogP contribution in [-0.2, 0) is 11.0 Å². The molecule has 1 heterocycles. The number of halogens is 3. The van der Waals surface area contributed by atoms with Gasteiger partial charge in [0.05, 0.1) is 6.61 Å². The molecule has 0 radical (unpaired) electrons. The molecule has 0 saturated carbocycles. The predicted octanol–water partition coefficient (Wildman–Crippen LogP) is 4.38. The summed E-state index contributed by atoms with van der Waals surface area (Å²) >= 11 is 0. The van der Waals surface area contributed by atoms with Crippen LogP contribution < -0.4 is 10.1 Å². The summed E-state index contributed by atoms with van der Waals surface area (Å²) in [4.78, 5) is 15.0. The quantitative estimate of drug-likeness (QED) is 0.678. The molecule has 5 nitrogen and oxygen atoms in total. The Hall–Kier alpha value is -2.77. The van der Waals surface area contributed by atoms with E-state index in [0.29, 0.717) is 31.6 Å². The number of nitrogens with one attached hydrogen (secondary N) is 1. The normalized spacial score (nSPS) is 11.2. The van der Waals surface area contributed by atoms with E-state index in [0.717, 1.165) is 12.3 Å². The Labute approximate surface area is 148 Å². The van der Waals surface area contributed by atoms with Crippen molar-refractivity contribution in [1.29, 1.82) is 0 Å². The third kappa shape index (κ3) is 6.27. The number of carbonyl (C=O) groups is 1. The number of alkyl halides is 3. The number of aromatic hydroxyl groups is 1. The van der Waals surface area contributed by atoms with Gasteiger partial charge in [-0.05, 0) is 43.5 Å². The summed E-state index contributed by atoms with van der Waals surface area (Å²) in [6, 6.07) is 8.75. The van der Waals surface area contributed by atoms with E-state index in [1.165, 1.54) is 12.1 Å². The van der Waals surface area contributed by atoms with Gasteiger partial charge >= 0.3 is 6.18 Å². The number of carbonyl (C=O) groups excluding carboxylic acids is 1. The molecule has 0 unspecified atom stereocenters. The number of benzene rings is 1. The monoisotopic (exact) mass is 368 g/mol. The minimum absolute atomic E-state index is 0.0696. The minimum atomic E-state index is -4.55. The molecule has 2 rings (SSSR count). The molecule has 1 aromatic heterocycles. The average molecular weight is 368 g/mol. The molecule has 1 aromatic carbocycles. The molecular formula is C18H19F3N2O3. The van der Waals surface area contributed by atoms with Crippen molar-refractivity contribution in [2.24, 2.45) is 0 Å². The lowest BCUT2D eigenvalue weighted by Crippen LogP contribution is -2.13. The van der Waals surface area contributed by atoms with Crippen molar-refractivity contribution in [1.82, 2.24) is 4.98 Å². The summed E-state index contributed by atoms with van der Waals surface area (Å²) in [5, 5.41) is 12.0. The second kappa shape index (κ2) is 9.07. The topological polar surface area (TPSA) is 71.5 Å². The summed E-state index contributed by atoms with van der Waals surface area (Å²) in [5.41, 5.74) is -0.975. The van der Waals surface area contributed by atoms with E-state index in [4.69, 9.17) is 4.74 Å². The van der Waals surface area contributed by atoms with E-state index >= 15 is 0 Å². The maximum atomic E-state index is 12.6. The van der Waals surface area contributed by atoms with Crippen molar-refractivity contribution in [2.45, 2.75) is 31.9 Å². The molecule has 8 heteroatoms. The zero-order valence-electron chi connectivity index (χ0n) is 13.9. The largest absolute Gasteiger partial charge is 0.504 e. The lowest BCUT2D eigenvalue weighted by atomic mass is 10.2. The molecule has 2 N–H and O–H groups in total. The van der Waals surface area contributed by atoms with E-state index in [1.807, 2.05) is 0 Å². The predicted molar refractivity (Wildman–Crippen MR) is 89.9 cm³/mol. The van der Waals surface area contributed by atoms with Gasteiger partial charge in [-0.3, -0.25) is 9.78 Å². The van der Waals surface area contributed by atoms with Gasteiger partial charge in [-0.2, -0.15) is 13.2 Å². The maximum Gasteiger partial charge on any atom is 0.433 e. The molecule has 0 atom stereocenters. The molecular weight excluding hydrogens is 349 g/mol. The third-order valence-electron chi connectivity index (χ3n) is 3.51. The van der Waals surface area contributed by atoms with Gasteiger partial charge in [0.1, 0.15) is 5.69 Å². The summed E-state index contributed by atoms with van der Waals surface area (Å²) in [5.74, 6) is 0.122. The van der Waals surface area contributed by atoms with Crippen molar-refractivity contribution in [3.8, 4) is 11.5 Å². The first-order valence-electron chi connectivity index (χ1n) is 8.10. The van der Waals surface area contributed by atoms with Crippen LogP contribution in [-0.4, -0.2) is 22.6 Å². The number of hydrogen-bond acceptors (Lipinski definition) is 4. The van der Waals surface area contributed by atoms with Gasteiger partial charge in [-0.25, -0.2) is 0 Å². The highest BCUT2D eigenvalue weighted by Gasteiger charge is 2.32. The van der Waals surface area contributed by atoms with E-state index in [1.54, 1.807) is 18.2 Å². The molecule has 0 aliphatic rings. The molecule has 0 aliphatic heterocycles. The van der Waals surface area contributed by atoms with Crippen LogP contribution in [0.25, 0.3) is 0 Å². The molecule has 0 aliphatic carbocycles. The highest BCUT2D eigenvalue weighted by Crippen LogP contribution is 2.29. The Morgan fingerprint density at radius 1 is 1.15 bits per heavy atom. The van der Waals surface area contributed by atoms with Gasteiger partial charge in [-0.15, -0.1) is 0 Å². The van der Waals surface area contributed by atoms with E-state index in [-0.39, 0.29) is 23.8 Å². The summed E-state index contributed by atoms with van der Waals surface area (Å²) in [6.45, 7) is 0.401. The Bertz CT molecular complexity index is 736. The van der Waals surface area contributed by atoms with Crippen LogP contribution in [0, 0.1) is 0 Å².